The first-order valence-electron chi connectivity index (χ1n) is 10.1. The van der Waals surface area contributed by atoms with Gasteiger partial charge < -0.3 is 10.2 Å². The minimum atomic E-state index is -4.46. The molecular weight excluding hydrogens is 371 g/mol. The fourth-order valence-electron chi connectivity index (χ4n) is 4.19. The first-order chi connectivity index (χ1) is 13.4. The largest absolute Gasteiger partial charge is 0.433 e. The summed E-state index contributed by atoms with van der Waals surface area (Å²) in [5.41, 5.74) is -0.903. The van der Waals surface area contributed by atoms with Crippen LogP contribution in [0, 0.1) is 5.92 Å². The predicted molar refractivity (Wildman–Crippen MR) is 97.7 cm³/mol. The van der Waals surface area contributed by atoms with Crippen LogP contribution in [0.2, 0.25) is 0 Å². The Balaban J connectivity index is 1.32. The summed E-state index contributed by atoms with van der Waals surface area (Å²) in [6, 6.07) is 1.65. The van der Waals surface area contributed by atoms with Gasteiger partial charge in [0.2, 0.25) is 11.9 Å². The number of piperidine rings is 2. The zero-order valence-corrected chi connectivity index (χ0v) is 15.8. The molecule has 1 atom stereocenters. The number of carbonyl (C=O) groups is 1. The average molecular weight is 397 g/mol. The van der Waals surface area contributed by atoms with Crippen molar-refractivity contribution in [1.82, 2.24) is 20.2 Å². The highest BCUT2D eigenvalue weighted by molar-refractivity contribution is 5.79. The van der Waals surface area contributed by atoms with E-state index in [4.69, 9.17) is 0 Å². The second-order valence-electron chi connectivity index (χ2n) is 8.07. The lowest BCUT2D eigenvalue weighted by atomic mass is 9.93. The van der Waals surface area contributed by atoms with Crippen LogP contribution in [0.4, 0.5) is 19.1 Å². The summed E-state index contributed by atoms with van der Waals surface area (Å²) in [6.45, 7) is 3.02. The minimum absolute atomic E-state index is 0.0548. The molecule has 2 aliphatic heterocycles. The molecule has 1 aromatic rings. The maximum atomic E-state index is 12.9. The molecule has 1 amide bonds. The van der Waals surface area contributed by atoms with Crippen molar-refractivity contribution in [1.29, 1.82) is 0 Å². The van der Waals surface area contributed by atoms with E-state index in [9.17, 15) is 18.0 Å². The minimum Gasteiger partial charge on any atom is -0.353 e. The zero-order valence-electron chi connectivity index (χ0n) is 15.8. The molecule has 0 spiro atoms. The number of rotatable bonds is 4. The molecule has 3 fully saturated rings. The zero-order chi connectivity index (χ0) is 19.7. The van der Waals surface area contributed by atoms with E-state index < -0.39 is 11.9 Å². The van der Waals surface area contributed by atoms with E-state index in [0.717, 1.165) is 57.7 Å². The summed E-state index contributed by atoms with van der Waals surface area (Å²) in [7, 11) is 0. The molecule has 0 bridgehead atoms. The fourth-order valence-corrected chi connectivity index (χ4v) is 4.19. The summed E-state index contributed by atoms with van der Waals surface area (Å²) >= 11 is 0. The highest BCUT2D eigenvalue weighted by atomic mass is 19.4. The van der Waals surface area contributed by atoms with Crippen LogP contribution in [0.25, 0.3) is 0 Å². The molecular formula is C19H26F3N5O. The van der Waals surface area contributed by atoms with E-state index in [2.05, 4.69) is 20.2 Å². The molecule has 1 aliphatic carbocycles. The molecule has 1 saturated carbocycles. The number of hydrogen-bond acceptors (Lipinski definition) is 5. The van der Waals surface area contributed by atoms with Crippen LogP contribution < -0.4 is 10.2 Å². The van der Waals surface area contributed by atoms with Crippen molar-refractivity contribution >= 4 is 11.9 Å². The summed E-state index contributed by atoms with van der Waals surface area (Å²) in [5, 5.41) is 3.11. The summed E-state index contributed by atoms with van der Waals surface area (Å²) in [6.07, 6.45) is 2.54. The SMILES string of the molecule is O=C(NC1CC1)[C@@H]1CCCN(C2CCN(c3nccc(C(F)(F)F)n3)CC2)C1. The normalized spacial score (nSPS) is 25.0. The molecule has 0 unspecified atom stereocenters. The Labute approximate surface area is 162 Å². The van der Waals surface area contributed by atoms with Gasteiger partial charge >= 0.3 is 6.18 Å². The van der Waals surface area contributed by atoms with E-state index in [-0.39, 0.29) is 17.8 Å². The van der Waals surface area contributed by atoms with Crippen molar-refractivity contribution in [2.24, 2.45) is 5.92 Å². The van der Waals surface area contributed by atoms with Gasteiger partial charge in [0.05, 0.1) is 5.92 Å². The Morgan fingerprint density at radius 1 is 1.11 bits per heavy atom. The van der Waals surface area contributed by atoms with Gasteiger partial charge in [-0.3, -0.25) is 9.69 Å². The Morgan fingerprint density at radius 3 is 2.54 bits per heavy atom. The molecule has 28 heavy (non-hydrogen) atoms. The van der Waals surface area contributed by atoms with E-state index in [1.807, 2.05) is 4.90 Å². The van der Waals surface area contributed by atoms with Gasteiger partial charge in [-0.25, -0.2) is 9.97 Å². The third kappa shape index (κ3) is 4.56. The average Bonchev–Trinajstić information content (AvgIpc) is 3.52. The quantitative estimate of drug-likeness (QED) is 0.846. The van der Waals surface area contributed by atoms with Crippen molar-refractivity contribution in [2.75, 3.05) is 31.1 Å². The Morgan fingerprint density at radius 2 is 1.86 bits per heavy atom. The van der Waals surface area contributed by atoms with Crippen LogP contribution in [0.3, 0.4) is 0 Å². The van der Waals surface area contributed by atoms with Crippen LogP contribution in [0.1, 0.15) is 44.2 Å². The van der Waals surface area contributed by atoms with Crippen LogP contribution >= 0.6 is 0 Å². The molecule has 154 valence electrons. The van der Waals surface area contributed by atoms with Gasteiger partial charge in [-0.15, -0.1) is 0 Å². The lowest BCUT2D eigenvalue weighted by Gasteiger charge is -2.42. The number of hydrogen-bond donors (Lipinski definition) is 1. The van der Waals surface area contributed by atoms with E-state index in [1.165, 1.54) is 6.20 Å². The molecule has 9 heteroatoms. The second kappa shape index (κ2) is 7.85. The van der Waals surface area contributed by atoms with E-state index in [1.54, 1.807) is 0 Å². The number of aromatic nitrogens is 2. The van der Waals surface area contributed by atoms with E-state index in [0.29, 0.717) is 25.2 Å². The van der Waals surface area contributed by atoms with Gasteiger partial charge in [0.1, 0.15) is 5.69 Å². The van der Waals surface area contributed by atoms with Crippen molar-refractivity contribution < 1.29 is 18.0 Å². The van der Waals surface area contributed by atoms with Crippen molar-refractivity contribution in [3.63, 3.8) is 0 Å². The lowest BCUT2D eigenvalue weighted by Crippen LogP contribution is -2.51. The maximum Gasteiger partial charge on any atom is 0.433 e. The summed E-state index contributed by atoms with van der Waals surface area (Å²) in [4.78, 5) is 24.3. The molecule has 6 nitrogen and oxygen atoms in total. The first-order valence-corrected chi connectivity index (χ1v) is 10.1. The molecule has 3 heterocycles. The Hall–Kier alpha value is -1.90. The van der Waals surface area contributed by atoms with Gasteiger partial charge in [0.25, 0.3) is 0 Å². The van der Waals surface area contributed by atoms with Gasteiger partial charge in [-0.1, -0.05) is 0 Å². The number of halogens is 3. The van der Waals surface area contributed by atoms with Crippen molar-refractivity contribution in [2.45, 2.75) is 56.8 Å². The number of amides is 1. The van der Waals surface area contributed by atoms with E-state index >= 15 is 0 Å². The number of carbonyl (C=O) groups excluding carboxylic acids is 1. The highest BCUT2D eigenvalue weighted by Crippen LogP contribution is 2.30. The molecule has 1 aromatic heterocycles. The Kier molecular flexibility index (Phi) is 5.44. The van der Waals surface area contributed by atoms with Crippen LogP contribution in [0.15, 0.2) is 12.3 Å². The molecule has 0 radical (unpaired) electrons. The third-order valence-corrected chi connectivity index (χ3v) is 5.94. The number of anilines is 1. The standard InChI is InChI=1S/C19H26F3N5O/c20-19(21,22)16-5-8-23-18(25-16)26-10-6-15(7-11-26)27-9-1-2-13(12-27)17(28)24-14-3-4-14/h5,8,13-15H,1-4,6-7,9-12H2,(H,24,28)/t13-/m1/s1. The highest BCUT2D eigenvalue weighted by Gasteiger charge is 2.35. The Bertz CT molecular complexity index is 701. The van der Waals surface area contributed by atoms with Gasteiger partial charge in [-0.05, 0) is 51.1 Å². The number of nitrogens with zero attached hydrogens (tertiary/aromatic N) is 4. The maximum absolute atomic E-state index is 12.9. The fraction of sp³-hybridized carbons (Fsp3) is 0.737. The predicted octanol–water partition coefficient (Wildman–Crippen LogP) is 2.45. The summed E-state index contributed by atoms with van der Waals surface area (Å²) < 4.78 is 38.6. The molecule has 4 rings (SSSR count). The van der Waals surface area contributed by atoms with Crippen LogP contribution in [-0.4, -0.2) is 59.0 Å². The van der Waals surface area contributed by atoms with Crippen molar-refractivity contribution in [3.05, 3.63) is 18.0 Å². The molecule has 3 aliphatic rings. The number of likely N-dealkylation sites (tertiary alicyclic amines) is 1. The lowest BCUT2D eigenvalue weighted by molar-refractivity contribution is -0.141. The number of alkyl halides is 3. The topological polar surface area (TPSA) is 61.4 Å². The summed E-state index contributed by atoms with van der Waals surface area (Å²) in [5.74, 6) is 0.384. The third-order valence-electron chi connectivity index (χ3n) is 5.94. The second-order valence-corrected chi connectivity index (χ2v) is 8.07. The molecule has 1 N–H and O–H groups in total. The van der Waals surface area contributed by atoms with Crippen LogP contribution in [0.5, 0.6) is 0 Å². The monoisotopic (exact) mass is 397 g/mol. The van der Waals surface area contributed by atoms with Crippen molar-refractivity contribution in [3.8, 4) is 0 Å². The van der Waals surface area contributed by atoms with Gasteiger partial charge in [0.15, 0.2) is 0 Å². The molecule has 0 aromatic carbocycles. The van der Waals surface area contributed by atoms with Gasteiger partial charge in [-0.2, -0.15) is 13.2 Å². The van der Waals surface area contributed by atoms with Crippen LogP contribution in [-0.2, 0) is 11.0 Å². The smallest absolute Gasteiger partial charge is 0.353 e. The molecule has 2 saturated heterocycles. The number of nitrogens with one attached hydrogen (secondary N) is 1. The van der Waals surface area contributed by atoms with Gasteiger partial charge in [0, 0.05) is 37.9 Å². The first kappa shape index (κ1) is 19.4.